The number of anilines is 1. The number of Topliss-reactive ketones (excluding diaryl/α,β-unsaturated/α-hetero) is 1. The van der Waals surface area contributed by atoms with Crippen molar-refractivity contribution in [1.82, 2.24) is 19.2 Å². The molecular formula is C17H16ClN5O2. The normalized spacial score (nSPS) is 14.4. The van der Waals surface area contributed by atoms with E-state index in [2.05, 4.69) is 15.0 Å². The highest BCUT2D eigenvalue weighted by atomic mass is 35.5. The van der Waals surface area contributed by atoms with Gasteiger partial charge in [-0.05, 0) is 43.2 Å². The molecular weight excluding hydrogens is 342 g/mol. The molecule has 0 saturated carbocycles. The van der Waals surface area contributed by atoms with E-state index in [1.807, 2.05) is 6.07 Å². The molecule has 1 saturated heterocycles. The first-order chi connectivity index (χ1) is 12.1. The fourth-order valence-electron chi connectivity index (χ4n) is 2.98. The Labute approximate surface area is 148 Å². The van der Waals surface area contributed by atoms with Gasteiger partial charge in [-0.1, -0.05) is 11.6 Å². The second-order valence-corrected chi connectivity index (χ2v) is 6.46. The lowest BCUT2D eigenvalue weighted by Gasteiger charge is -2.15. The van der Waals surface area contributed by atoms with Gasteiger partial charge in [-0.2, -0.15) is 4.98 Å². The molecule has 4 rings (SSSR count). The topological polar surface area (TPSA) is 72.5 Å². The molecule has 0 atom stereocenters. The van der Waals surface area contributed by atoms with Gasteiger partial charge in [-0.3, -0.25) is 4.79 Å². The number of hydrogen-bond donors (Lipinski definition) is 0. The fourth-order valence-corrected chi connectivity index (χ4v) is 3.11. The number of rotatable bonds is 4. The Kier molecular flexibility index (Phi) is 4.01. The number of benzene rings is 1. The number of hydrogen-bond acceptors (Lipinski definition) is 5. The van der Waals surface area contributed by atoms with E-state index >= 15 is 0 Å². The van der Waals surface area contributed by atoms with E-state index in [1.54, 1.807) is 30.5 Å². The molecule has 2 aromatic heterocycles. The van der Waals surface area contributed by atoms with Crippen molar-refractivity contribution >= 4 is 29.0 Å². The van der Waals surface area contributed by atoms with Crippen LogP contribution < -0.4 is 10.6 Å². The van der Waals surface area contributed by atoms with Crippen LogP contribution in [0.2, 0.25) is 5.02 Å². The Morgan fingerprint density at radius 2 is 1.84 bits per heavy atom. The summed E-state index contributed by atoms with van der Waals surface area (Å²) in [6.45, 7) is 1.79. The van der Waals surface area contributed by atoms with Gasteiger partial charge < -0.3 is 4.90 Å². The maximum absolute atomic E-state index is 12.4. The van der Waals surface area contributed by atoms with Crippen LogP contribution in [0.25, 0.3) is 5.78 Å². The molecule has 1 aliphatic heterocycles. The van der Waals surface area contributed by atoms with Gasteiger partial charge in [-0.15, -0.1) is 5.10 Å². The highest BCUT2D eigenvalue weighted by molar-refractivity contribution is 6.30. The van der Waals surface area contributed by atoms with E-state index < -0.39 is 0 Å². The molecule has 0 amide bonds. The van der Waals surface area contributed by atoms with Gasteiger partial charge in [0.2, 0.25) is 0 Å². The predicted molar refractivity (Wildman–Crippen MR) is 94.5 cm³/mol. The minimum absolute atomic E-state index is 0.136. The molecule has 0 aliphatic carbocycles. The van der Waals surface area contributed by atoms with Crippen LogP contribution in [0.3, 0.4) is 0 Å². The number of fused-ring (bicyclic) bond motifs is 1. The molecule has 1 fully saturated rings. The Hall–Kier alpha value is -2.67. The lowest BCUT2D eigenvalue weighted by molar-refractivity contribution is 0.0966. The van der Waals surface area contributed by atoms with Gasteiger partial charge in [0, 0.05) is 29.9 Å². The summed E-state index contributed by atoms with van der Waals surface area (Å²) in [5, 5.41) is 4.77. The fraction of sp³-hybridized carbons (Fsp3) is 0.294. The van der Waals surface area contributed by atoms with Crippen LogP contribution in [-0.2, 0) is 6.54 Å². The third-order valence-electron chi connectivity index (χ3n) is 4.33. The summed E-state index contributed by atoms with van der Waals surface area (Å²) in [4.78, 5) is 31.4. The van der Waals surface area contributed by atoms with E-state index in [4.69, 9.17) is 11.6 Å². The molecule has 3 aromatic rings. The summed E-state index contributed by atoms with van der Waals surface area (Å²) in [5.74, 6) is 0.909. The van der Waals surface area contributed by atoms with Gasteiger partial charge in [0.25, 0.3) is 5.78 Å². The predicted octanol–water partition coefficient (Wildman–Crippen LogP) is 2.03. The van der Waals surface area contributed by atoms with Crippen molar-refractivity contribution in [3.05, 3.63) is 57.6 Å². The zero-order valence-electron chi connectivity index (χ0n) is 13.4. The maximum Gasteiger partial charge on any atom is 0.352 e. The largest absolute Gasteiger partial charge is 0.356 e. The minimum atomic E-state index is -0.377. The van der Waals surface area contributed by atoms with Gasteiger partial charge in [0.05, 0.1) is 0 Å². The molecule has 7 nitrogen and oxygen atoms in total. The van der Waals surface area contributed by atoms with Crippen molar-refractivity contribution in [3.63, 3.8) is 0 Å². The number of nitrogens with zero attached hydrogens (tertiary/aromatic N) is 5. The molecule has 0 bridgehead atoms. The zero-order valence-corrected chi connectivity index (χ0v) is 14.2. The van der Waals surface area contributed by atoms with Gasteiger partial charge in [-0.25, -0.2) is 13.9 Å². The zero-order chi connectivity index (χ0) is 17.4. The molecule has 1 aliphatic rings. The van der Waals surface area contributed by atoms with Crippen LogP contribution >= 0.6 is 11.6 Å². The van der Waals surface area contributed by atoms with Gasteiger partial charge >= 0.3 is 5.69 Å². The summed E-state index contributed by atoms with van der Waals surface area (Å²) < 4.78 is 2.50. The van der Waals surface area contributed by atoms with E-state index in [0.29, 0.717) is 16.4 Å². The SMILES string of the molecule is O=C(Cn1nc2nc(N3CCCC3)ccn2c1=O)c1ccc(Cl)cc1. The van der Waals surface area contributed by atoms with Crippen molar-refractivity contribution in [3.8, 4) is 0 Å². The lowest BCUT2D eigenvalue weighted by Crippen LogP contribution is -2.25. The monoisotopic (exact) mass is 357 g/mol. The second kappa shape index (κ2) is 6.33. The van der Waals surface area contributed by atoms with Crippen LogP contribution in [0.5, 0.6) is 0 Å². The third kappa shape index (κ3) is 3.02. The number of carbonyl (C=O) groups excluding carboxylic acids is 1. The van der Waals surface area contributed by atoms with Crippen LogP contribution in [-0.4, -0.2) is 38.0 Å². The Morgan fingerprint density at radius 3 is 2.56 bits per heavy atom. The minimum Gasteiger partial charge on any atom is -0.356 e. The second-order valence-electron chi connectivity index (χ2n) is 6.02. The van der Waals surface area contributed by atoms with Crippen LogP contribution in [0.15, 0.2) is 41.3 Å². The standard InChI is InChI=1S/C17H16ClN5O2/c18-13-5-3-12(4-6-13)14(24)11-23-17(25)22-10-7-15(19-16(22)20-23)21-8-1-2-9-21/h3-7,10H,1-2,8-9,11H2. The third-order valence-corrected chi connectivity index (χ3v) is 4.58. The summed E-state index contributed by atoms with van der Waals surface area (Å²) in [6, 6.07) is 8.37. The molecule has 8 heteroatoms. The summed E-state index contributed by atoms with van der Waals surface area (Å²) >= 11 is 5.83. The summed E-state index contributed by atoms with van der Waals surface area (Å²) in [7, 11) is 0. The number of aromatic nitrogens is 4. The molecule has 128 valence electrons. The molecule has 0 N–H and O–H groups in total. The highest BCUT2D eigenvalue weighted by Crippen LogP contribution is 2.17. The van der Waals surface area contributed by atoms with Crippen molar-refractivity contribution in [1.29, 1.82) is 0 Å². The summed E-state index contributed by atoms with van der Waals surface area (Å²) in [5.41, 5.74) is 0.108. The Morgan fingerprint density at radius 1 is 1.12 bits per heavy atom. The number of carbonyl (C=O) groups is 1. The van der Waals surface area contributed by atoms with Crippen LogP contribution in [0, 0.1) is 0 Å². The first-order valence-corrected chi connectivity index (χ1v) is 8.49. The van der Waals surface area contributed by atoms with E-state index in [1.165, 1.54) is 4.40 Å². The summed E-state index contributed by atoms with van der Waals surface area (Å²) in [6.07, 6.45) is 3.95. The molecule has 25 heavy (non-hydrogen) atoms. The quantitative estimate of drug-likeness (QED) is 0.668. The first-order valence-electron chi connectivity index (χ1n) is 8.12. The van der Waals surface area contributed by atoms with Gasteiger partial charge in [0.15, 0.2) is 5.78 Å². The van der Waals surface area contributed by atoms with Gasteiger partial charge in [0.1, 0.15) is 12.4 Å². The molecule has 3 heterocycles. The highest BCUT2D eigenvalue weighted by Gasteiger charge is 2.17. The van der Waals surface area contributed by atoms with Crippen molar-refractivity contribution in [2.75, 3.05) is 18.0 Å². The number of halogens is 1. The van der Waals surface area contributed by atoms with E-state index in [9.17, 15) is 9.59 Å². The van der Waals surface area contributed by atoms with Crippen LogP contribution in [0.4, 0.5) is 5.82 Å². The Bertz CT molecular complexity index is 986. The van der Waals surface area contributed by atoms with Crippen molar-refractivity contribution in [2.45, 2.75) is 19.4 Å². The lowest BCUT2D eigenvalue weighted by atomic mass is 10.1. The molecule has 0 radical (unpaired) electrons. The van der Waals surface area contributed by atoms with Crippen LogP contribution in [0.1, 0.15) is 23.2 Å². The van der Waals surface area contributed by atoms with E-state index in [0.717, 1.165) is 36.4 Å². The average molecular weight is 358 g/mol. The average Bonchev–Trinajstić information content (AvgIpc) is 3.24. The Balaban J connectivity index is 1.63. The molecule has 0 unspecified atom stereocenters. The maximum atomic E-state index is 12.4. The molecule has 1 aromatic carbocycles. The molecule has 0 spiro atoms. The van der Waals surface area contributed by atoms with E-state index in [-0.39, 0.29) is 18.0 Å². The number of ketones is 1. The first kappa shape index (κ1) is 15.8. The van der Waals surface area contributed by atoms with Crippen molar-refractivity contribution < 1.29 is 4.79 Å². The van der Waals surface area contributed by atoms with Crippen molar-refractivity contribution in [2.24, 2.45) is 0 Å². The smallest absolute Gasteiger partial charge is 0.352 e.